The van der Waals surface area contributed by atoms with Crippen LogP contribution in [0.4, 0.5) is 0 Å². The maximum atomic E-state index is 11.8. The van der Waals surface area contributed by atoms with E-state index in [1.165, 1.54) is 16.2 Å². The zero-order valence-electron chi connectivity index (χ0n) is 22.7. The fourth-order valence-corrected chi connectivity index (χ4v) is 1.94. The number of rotatable bonds is 7. The van der Waals surface area contributed by atoms with Gasteiger partial charge in [0.15, 0.2) is 0 Å². The van der Waals surface area contributed by atoms with Crippen molar-refractivity contribution < 1.29 is 4.74 Å². The standard InChI is InChI=1S/C13H18N4O2.C7H12.C3H6.2C2H6/c1-4-9(2)5-6-19-8-11-7-12(18)17-13(15-11)14-10(3)16-17;1-3-5-7-6-4-2;1-3-2;2*1-2/h5,7H,4,6,8H2,1-3H3,(H,14,15,16);3,5-7H,4H2,1-2H3;3H,1H2,2H3;2*1-2H3/b9-5-;5-3-,7-6-;;;. The summed E-state index contributed by atoms with van der Waals surface area (Å²) in [5.74, 6) is 1.04. The van der Waals surface area contributed by atoms with Crippen LogP contribution in [-0.4, -0.2) is 26.2 Å². The van der Waals surface area contributed by atoms with Crippen LogP contribution in [-0.2, 0) is 11.3 Å². The van der Waals surface area contributed by atoms with Crippen LogP contribution in [0.3, 0.4) is 0 Å². The number of nitrogens with one attached hydrogen (secondary N) is 1. The zero-order valence-corrected chi connectivity index (χ0v) is 22.7. The Labute approximate surface area is 202 Å². The lowest BCUT2D eigenvalue weighted by Gasteiger charge is -2.01. The maximum absolute atomic E-state index is 11.8. The molecule has 0 atom stereocenters. The van der Waals surface area contributed by atoms with Crippen LogP contribution in [0, 0.1) is 6.92 Å². The monoisotopic (exact) mass is 460 g/mol. The molecule has 2 aromatic rings. The zero-order chi connectivity index (χ0) is 26.1. The fraction of sp³-hybridized carbons (Fsp3) is 0.519. The van der Waals surface area contributed by atoms with Gasteiger partial charge in [0, 0.05) is 6.07 Å². The lowest BCUT2D eigenvalue weighted by molar-refractivity contribution is 0.145. The number of H-pyrrole nitrogens is 1. The van der Waals surface area contributed by atoms with E-state index in [4.69, 9.17) is 4.74 Å². The molecule has 0 saturated carbocycles. The van der Waals surface area contributed by atoms with Crippen molar-refractivity contribution in [2.24, 2.45) is 0 Å². The third-order valence-electron chi connectivity index (χ3n) is 3.53. The van der Waals surface area contributed by atoms with E-state index in [0.717, 1.165) is 12.8 Å². The van der Waals surface area contributed by atoms with Gasteiger partial charge in [-0.2, -0.15) is 9.50 Å². The van der Waals surface area contributed by atoms with Crippen LogP contribution >= 0.6 is 0 Å². The molecule has 0 fully saturated rings. The highest BCUT2D eigenvalue weighted by molar-refractivity contribution is 5.27. The summed E-state index contributed by atoms with van der Waals surface area (Å²) in [6.45, 7) is 24.2. The Kier molecular flexibility index (Phi) is 27.0. The summed E-state index contributed by atoms with van der Waals surface area (Å²) in [6.07, 6.45) is 14.2. The largest absolute Gasteiger partial charge is 0.371 e. The number of hydrogen-bond acceptors (Lipinski definition) is 4. The Bertz CT molecular complexity index is 859. The van der Waals surface area contributed by atoms with Crippen molar-refractivity contribution in [2.75, 3.05) is 6.61 Å². The normalized spacial score (nSPS) is 10.3. The molecule has 0 radical (unpaired) electrons. The molecule has 0 unspecified atom stereocenters. The van der Waals surface area contributed by atoms with Crippen LogP contribution in [0.25, 0.3) is 5.78 Å². The molecule has 0 saturated heterocycles. The first kappa shape index (κ1) is 34.9. The number of aromatic amines is 1. The van der Waals surface area contributed by atoms with Gasteiger partial charge in [-0.1, -0.05) is 83.6 Å². The minimum atomic E-state index is -0.176. The smallest absolute Gasteiger partial charge is 0.274 e. The van der Waals surface area contributed by atoms with Crippen LogP contribution < -0.4 is 5.56 Å². The molecule has 188 valence electrons. The quantitative estimate of drug-likeness (QED) is 0.266. The average molecular weight is 461 g/mol. The third-order valence-corrected chi connectivity index (χ3v) is 3.53. The predicted molar refractivity (Wildman–Crippen MR) is 145 cm³/mol. The van der Waals surface area contributed by atoms with Gasteiger partial charge in [0.25, 0.3) is 11.3 Å². The summed E-state index contributed by atoms with van der Waals surface area (Å²) in [5, 5.41) is 2.82. The Balaban J connectivity index is -0.000000537. The molecule has 1 N–H and O–H groups in total. The second-order valence-corrected chi connectivity index (χ2v) is 6.22. The minimum Gasteiger partial charge on any atom is -0.371 e. The van der Waals surface area contributed by atoms with E-state index in [9.17, 15) is 4.79 Å². The Hall–Kier alpha value is -2.73. The predicted octanol–water partition coefficient (Wildman–Crippen LogP) is 7.37. The van der Waals surface area contributed by atoms with Crippen molar-refractivity contribution in [3.63, 3.8) is 0 Å². The number of fused-ring (bicyclic) bond motifs is 1. The van der Waals surface area contributed by atoms with Gasteiger partial charge in [-0.15, -0.1) is 6.58 Å². The maximum Gasteiger partial charge on any atom is 0.274 e. The molecule has 6 nitrogen and oxygen atoms in total. The van der Waals surface area contributed by atoms with Crippen molar-refractivity contribution in [3.8, 4) is 0 Å². The molecule has 0 amide bonds. The van der Waals surface area contributed by atoms with Crippen molar-refractivity contribution in [1.82, 2.24) is 19.6 Å². The SMILES string of the molecule is C/C=C\C=C/CC.C=CC.CC.CC.CC/C(C)=C\COCc1cc(=O)n2[nH]c(C)nc2n1. The summed E-state index contributed by atoms with van der Waals surface area (Å²) in [4.78, 5) is 20.2. The van der Waals surface area contributed by atoms with Gasteiger partial charge in [-0.25, -0.2) is 4.98 Å². The second-order valence-electron chi connectivity index (χ2n) is 6.22. The van der Waals surface area contributed by atoms with Crippen LogP contribution in [0.15, 0.2) is 59.5 Å². The van der Waals surface area contributed by atoms with Gasteiger partial charge < -0.3 is 4.74 Å². The summed E-state index contributed by atoms with van der Waals surface area (Å²) in [6, 6.07) is 1.46. The first-order valence-electron chi connectivity index (χ1n) is 12.0. The number of aromatic nitrogens is 4. The minimum absolute atomic E-state index is 0.176. The van der Waals surface area contributed by atoms with Crippen molar-refractivity contribution in [2.45, 2.75) is 88.7 Å². The summed E-state index contributed by atoms with van der Waals surface area (Å²) < 4.78 is 6.80. The van der Waals surface area contributed by atoms with Gasteiger partial charge in [0.2, 0.25) is 0 Å². The number of nitrogens with zero attached hydrogens (tertiary/aromatic N) is 3. The Morgan fingerprint density at radius 3 is 2.27 bits per heavy atom. The van der Waals surface area contributed by atoms with Gasteiger partial charge in [-0.3, -0.25) is 9.89 Å². The molecule has 0 spiro atoms. The van der Waals surface area contributed by atoms with Gasteiger partial charge in [0.05, 0.1) is 18.9 Å². The van der Waals surface area contributed by atoms with Gasteiger partial charge >= 0.3 is 0 Å². The molecule has 0 aromatic carbocycles. The second kappa shape index (κ2) is 25.5. The van der Waals surface area contributed by atoms with E-state index in [1.54, 1.807) is 13.0 Å². The highest BCUT2D eigenvalue weighted by Crippen LogP contribution is 2.01. The number of aryl methyl sites for hydroxylation is 1. The van der Waals surface area contributed by atoms with Crippen LogP contribution in [0.1, 0.15) is 86.7 Å². The van der Waals surface area contributed by atoms with E-state index in [1.807, 2.05) is 59.8 Å². The molecule has 2 rings (SSSR count). The fourth-order valence-electron chi connectivity index (χ4n) is 1.94. The van der Waals surface area contributed by atoms with Crippen molar-refractivity contribution >= 4 is 5.78 Å². The third kappa shape index (κ3) is 18.5. The summed E-state index contributed by atoms with van der Waals surface area (Å²) in [5.41, 5.74) is 1.70. The topological polar surface area (TPSA) is 72.3 Å². The molecule has 0 aliphatic rings. The van der Waals surface area contributed by atoms with E-state index in [-0.39, 0.29) is 5.56 Å². The van der Waals surface area contributed by atoms with E-state index in [2.05, 4.69) is 54.6 Å². The number of hydrogen-bond donors (Lipinski definition) is 1. The van der Waals surface area contributed by atoms with Gasteiger partial charge in [0.1, 0.15) is 5.82 Å². The first-order valence-corrected chi connectivity index (χ1v) is 12.0. The summed E-state index contributed by atoms with van der Waals surface area (Å²) >= 11 is 0. The molecular formula is C27H48N4O2. The van der Waals surface area contributed by atoms with Gasteiger partial charge in [-0.05, 0) is 40.5 Å². The Morgan fingerprint density at radius 2 is 1.76 bits per heavy atom. The molecule has 0 aliphatic carbocycles. The lowest BCUT2D eigenvalue weighted by Crippen LogP contribution is -2.16. The number of allylic oxidation sites excluding steroid dienone is 6. The van der Waals surface area contributed by atoms with E-state index in [0.29, 0.717) is 30.5 Å². The number of ether oxygens (including phenoxy) is 1. The highest BCUT2D eigenvalue weighted by Gasteiger charge is 2.05. The molecular weight excluding hydrogens is 412 g/mol. The molecule has 6 heteroatoms. The van der Waals surface area contributed by atoms with Crippen LogP contribution in [0.5, 0.6) is 0 Å². The Morgan fingerprint density at radius 1 is 1.15 bits per heavy atom. The first-order chi connectivity index (χ1) is 15.9. The molecule has 33 heavy (non-hydrogen) atoms. The van der Waals surface area contributed by atoms with E-state index < -0.39 is 0 Å². The van der Waals surface area contributed by atoms with Crippen LogP contribution in [0.2, 0.25) is 0 Å². The molecule has 2 heterocycles. The highest BCUT2D eigenvalue weighted by atomic mass is 16.5. The molecule has 0 aliphatic heterocycles. The average Bonchev–Trinajstić information content (AvgIpc) is 3.21. The van der Waals surface area contributed by atoms with Crippen molar-refractivity contribution in [3.05, 3.63) is 76.5 Å². The molecule has 0 bridgehead atoms. The van der Waals surface area contributed by atoms with E-state index >= 15 is 0 Å². The lowest BCUT2D eigenvalue weighted by atomic mass is 10.2. The molecule has 2 aromatic heterocycles. The summed E-state index contributed by atoms with van der Waals surface area (Å²) in [7, 11) is 0. The van der Waals surface area contributed by atoms with Crippen molar-refractivity contribution in [1.29, 1.82) is 0 Å².